The van der Waals surface area contributed by atoms with Crippen molar-refractivity contribution in [3.8, 4) is 11.5 Å². The average molecular weight is 300 g/mol. The van der Waals surface area contributed by atoms with Crippen LogP contribution in [0.2, 0.25) is 0 Å². The molecule has 0 aliphatic rings. The Morgan fingerprint density at radius 1 is 1.05 bits per heavy atom. The molecule has 2 aromatic carbocycles. The number of amides is 2. The van der Waals surface area contributed by atoms with Crippen LogP contribution in [0, 0.1) is 6.92 Å². The number of methoxy groups -OCH3 is 2. The lowest BCUT2D eigenvalue weighted by Crippen LogP contribution is -2.28. The van der Waals surface area contributed by atoms with Crippen molar-refractivity contribution in [3.05, 3.63) is 53.6 Å². The summed E-state index contributed by atoms with van der Waals surface area (Å²) in [6.45, 7) is 2.37. The van der Waals surface area contributed by atoms with Crippen LogP contribution < -0.4 is 20.1 Å². The summed E-state index contributed by atoms with van der Waals surface area (Å²) in [7, 11) is 3.16. The summed E-state index contributed by atoms with van der Waals surface area (Å²) in [5.74, 6) is 1.28. The minimum absolute atomic E-state index is 0.298. The highest BCUT2D eigenvalue weighted by molar-refractivity contribution is 5.91. The van der Waals surface area contributed by atoms with E-state index < -0.39 is 0 Å². The van der Waals surface area contributed by atoms with Crippen LogP contribution in [0.3, 0.4) is 0 Å². The number of benzene rings is 2. The Labute approximate surface area is 130 Å². The second kappa shape index (κ2) is 7.36. The van der Waals surface area contributed by atoms with E-state index in [1.165, 1.54) is 0 Å². The molecule has 5 nitrogen and oxygen atoms in total. The summed E-state index contributed by atoms with van der Waals surface area (Å²) in [6, 6.07) is 13.0. The molecule has 0 saturated heterocycles. The molecule has 2 rings (SSSR count). The standard InChI is InChI=1S/C17H20N2O3/c1-12-9-16(22-3)14(10-15(12)21-2)19-17(20)18-11-13-7-5-4-6-8-13/h4-10H,11H2,1-3H3,(H2,18,19,20). The zero-order valence-corrected chi connectivity index (χ0v) is 13.0. The van der Waals surface area contributed by atoms with E-state index in [4.69, 9.17) is 9.47 Å². The maximum absolute atomic E-state index is 12.0. The van der Waals surface area contributed by atoms with Crippen LogP contribution in [0.4, 0.5) is 10.5 Å². The van der Waals surface area contributed by atoms with Gasteiger partial charge in [0.15, 0.2) is 0 Å². The number of urea groups is 1. The van der Waals surface area contributed by atoms with Crippen LogP contribution >= 0.6 is 0 Å². The Bertz CT molecular complexity index is 642. The maximum Gasteiger partial charge on any atom is 0.319 e. The highest BCUT2D eigenvalue weighted by atomic mass is 16.5. The fourth-order valence-corrected chi connectivity index (χ4v) is 2.09. The molecule has 0 aliphatic carbocycles. The summed E-state index contributed by atoms with van der Waals surface area (Å²) >= 11 is 0. The number of anilines is 1. The molecule has 0 spiro atoms. The third kappa shape index (κ3) is 3.91. The zero-order valence-electron chi connectivity index (χ0n) is 13.0. The van der Waals surface area contributed by atoms with Crippen LogP contribution in [-0.4, -0.2) is 20.3 Å². The van der Waals surface area contributed by atoms with Gasteiger partial charge in [-0.1, -0.05) is 30.3 Å². The molecule has 2 N–H and O–H groups in total. The number of hydrogen-bond acceptors (Lipinski definition) is 3. The Kier molecular flexibility index (Phi) is 5.25. The summed E-state index contributed by atoms with van der Waals surface area (Å²) in [5.41, 5.74) is 2.54. The topological polar surface area (TPSA) is 59.6 Å². The van der Waals surface area contributed by atoms with E-state index in [-0.39, 0.29) is 6.03 Å². The molecule has 2 amide bonds. The van der Waals surface area contributed by atoms with Crippen molar-refractivity contribution in [2.24, 2.45) is 0 Å². The van der Waals surface area contributed by atoms with Gasteiger partial charge in [0.2, 0.25) is 0 Å². The Hall–Kier alpha value is -2.69. The van der Waals surface area contributed by atoms with Crippen molar-refractivity contribution in [1.82, 2.24) is 5.32 Å². The van der Waals surface area contributed by atoms with Crippen LogP contribution in [0.25, 0.3) is 0 Å². The molecule has 0 heterocycles. The van der Waals surface area contributed by atoms with E-state index in [1.54, 1.807) is 20.3 Å². The number of nitrogens with one attached hydrogen (secondary N) is 2. The van der Waals surface area contributed by atoms with E-state index in [0.717, 1.165) is 11.1 Å². The van der Waals surface area contributed by atoms with Gasteiger partial charge in [0.25, 0.3) is 0 Å². The van der Waals surface area contributed by atoms with Crippen molar-refractivity contribution in [1.29, 1.82) is 0 Å². The fourth-order valence-electron chi connectivity index (χ4n) is 2.09. The van der Waals surface area contributed by atoms with Crippen molar-refractivity contribution in [2.75, 3.05) is 19.5 Å². The third-order valence-corrected chi connectivity index (χ3v) is 3.26. The van der Waals surface area contributed by atoms with Crippen molar-refractivity contribution in [3.63, 3.8) is 0 Å². The predicted molar refractivity (Wildman–Crippen MR) is 86.6 cm³/mol. The predicted octanol–water partition coefficient (Wildman–Crippen LogP) is 3.33. The number of rotatable bonds is 5. The summed E-state index contributed by atoms with van der Waals surface area (Å²) in [6.07, 6.45) is 0. The van der Waals surface area contributed by atoms with Gasteiger partial charge in [-0.15, -0.1) is 0 Å². The van der Waals surface area contributed by atoms with Crippen LogP contribution in [-0.2, 0) is 6.54 Å². The second-order valence-corrected chi connectivity index (χ2v) is 4.82. The summed E-state index contributed by atoms with van der Waals surface area (Å²) < 4.78 is 10.6. The molecule has 0 unspecified atom stereocenters. The first kappa shape index (κ1) is 15.7. The lowest BCUT2D eigenvalue weighted by atomic mass is 10.2. The normalized spacial score (nSPS) is 9.95. The van der Waals surface area contributed by atoms with Crippen LogP contribution in [0.1, 0.15) is 11.1 Å². The van der Waals surface area contributed by atoms with Gasteiger partial charge in [-0.3, -0.25) is 0 Å². The molecule has 0 bridgehead atoms. The summed E-state index contributed by atoms with van der Waals surface area (Å²) in [4.78, 5) is 12.0. The van der Waals surface area contributed by atoms with Gasteiger partial charge in [0.1, 0.15) is 11.5 Å². The molecular weight excluding hydrogens is 280 g/mol. The third-order valence-electron chi connectivity index (χ3n) is 3.26. The molecule has 0 saturated carbocycles. The van der Waals surface area contributed by atoms with Crippen LogP contribution in [0.15, 0.2) is 42.5 Å². The Balaban J connectivity index is 2.04. The molecule has 0 aliphatic heterocycles. The first-order valence-electron chi connectivity index (χ1n) is 6.95. The quantitative estimate of drug-likeness (QED) is 0.890. The minimum Gasteiger partial charge on any atom is -0.496 e. The molecule has 2 aromatic rings. The molecule has 0 radical (unpaired) electrons. The van der Waals surface area contributed by atoms with Crippen molar-refractivity contribution >= 4 is 11.7 Å². The van der Waals surface area contributed by atoms with Crippen molar-refractivity contribution in [2.45, 2.75) is 13.5 Å². The molecule has 0 fully saturated rings. The Morgan fingerprint density at radius 3 is 2.36 bits per heavy atom. The first-order valence-corrected chi connectivity index (χ1v) is 6.95. The molecule has 116 valence electrons. The molecule has 0 atom stereocenters. The van der Waals surface area contributed by atoms with E-state index in [1.807, 2.05) is 43.3 Å². The molecule has 5 heteroatoms. The van der Waals surface area contributed by atoms with E-state index in [2.05, 4.69) is 10.6 Å². The van der Waals surface area contributed by atoms with Gasteiger partial charge in [-0.2, -0.15) is 0 Å². The lowest BCUT2D eigenvalue weighted by Gasteiger charge is -2.14. The van der Waals surface area contributed by atoms with Crippen molar-refractivity contribution < 1.29 is 14.3 Å². The Morgan fingerprint density at radius 2 is 1.73 bits per heavy atom. The van der Waals surface area contributed by atoms with Gasteiger partial charge >= 0.3 is 6.03 Å². The molecular formula is C17H20N2O3. The van der Waals surface area contributed by atoms with E-state index in [9.17, 15) is 4.79 Å². The SMILES string of the molecule is COc1cc(NC(=O)NCc2ccccc2)c(OC)cc1C. The second-order valence-electron chi connectivity index (χ2n) is 4.82. The number of hydrogen-bond donors (Lipinski definition) is 2. The van der Waals surface area contributed by atoms with Gasteiger partial charge in [-0.05, 0) is 24.1 Å². The fraction of sp³-hybridized carbons (Fsp3) is 0.235. The van der Waals surface area contributed by atoms with Crippen LogP contribution in [0.5, 0.6) is 11.5 Å². The zero-order chi connectivity index (χ0) is 15.9. The first-order chi connectivity index (χ1) is 10.6. The smallest absolute Gasteiger partial charge is 0.319 e. The molecule has 0 aromatic heterocycles. The average Bonchev–Trinajstić information content (AvgIpc) is 2.55. The minimum atomic E-state index is -0.298. The van der Waals surface area contributed by atoms with Gasteiger partial charge in [-0.25, -0.2) is 4.79 Å². The van der Waals surface area contributed by atoms with E-state index in [0.29, 0.717) is 23.7 Å². The number of carbonyl (C=O) groups excluding carboxylic acids is 1. The maximum atomic E-state index is 12.0. The van der Waals surface area contributed by atoms with Gasteiger partial charge < -0.3 is 20.1 Å². The monoisotopic (exact) mass is 300 g/mol. The number of aryl methyl sites for hydroxylation is 1. The summed E-state index contributed by atoms with van der Waals surface area (Å²) in [5, 5.41) is 5.58. The highest BCUT2D eigenvalue weighted by Crippen LogP contribution is 2.32. The van der Waals surface area contributed by atoms with Gasteiger partial charge in [0.05, 0.1) is 19.9 Å². The number of ether oxygens (including phenoxy) is 2. The van der Waals surface area contributed by atoms with Gasteiger partial charge in [0, 0.05) is 12.6 Å². The number of carbonyl (C=O) groups is 1. The lowest BCUT2D eigenvalue weighted by molar-refractivity contribution is 0.251. The highest BCUT2D eigenvalue weighted by Gasteiger charge is 2.11. The largest absolute Gasteiger partial charge is 0.496 e. The van der Waals surface area contributed by atoms with E-state index >= 15 is 0 Å². The molecule has 22 heavy (non-hydrogen) atoms.